The number of ether oxygens (including phenoxy) is 3. The van der Waals surface area contributed by atoms with Gasteiger partial charge in [-0.1, -0.05) is 24.3 Å². The number of nitrogens with two attached hydrogens (primary N) is 1. The van der Waals surface area contributed by atoms with Crippen LogP contribution in [0, 0.1) is 5.82 Å². The first kappa shape index (κ1) is 27.0. The predicted octanol–water partition coefficient (Wildman–Crippen LogP) is 4.04. The van der Waals surface area contributed by atoms with Gasteiger partial charge in [0.15, 0.2) is 11.5 Å². The quantitative estimate of drug-likeness (QED) is 0.354. The molecular weight excluding hydrogens is 487 g/mol. The van der Waals surface area contributed by atoms with Crippen LogP contribution in [0.5, 0.6) is 11.5 Å². The van der Waals surface area contributed by atoms with Crippen molar-refractivity contribution < 1.29 is 31.8 Å². The SMILES string of the molecule is COc1ccc(NS(=O)(=O)c2cccc(CCCC(OCc3ccc(F)cc3)C(N)=O)c2)cc1OC. The normalized spacial score (nSPS) is 12.1. The van der Waals surface area contributed by atoms with Gasteiger partial charge in [-0.15, -0.1) is 0 Å². The zero-order valence-corrected chi connectivity index (χ0v) is 20.9. The van der Waals surface area contributed by atoms with Gasteiger partial charge in [0.2, 0.25) is 5.91 Å². The van der Waals surface area contributed by atoms with Crippen LogP contribution >= 0.6 is 0 Å². The van der Waals surface area contributed by atoms with Crippen molar-refractivity contribution in [3.63, 3.8) is 0 Å². The molecule has 0 heterocycles. The van der Waals surface area contributed by atoms with E-state index in [0.717, 1.165) is 11.1 Å². The first-order valence-corrected chi connectivity index (χ1v) is 12.7. The van der Waals surface area contributed by atoms with Gasteiger partial charge in [-0.2, -0.15) is 0 Å². The third-order valence-electron chi connectivity index (χ3n) is 5.46. The van der Waals surface area contributed by atoms with Gasteiger partial charge in [-0.05, 0) is 66.8 Å². The molecule has 0 bridgehead atoms. The minimum absolute atomic E-state index is 0.105. The number of hydrogen-bond acceptors (Lipinski definition) is 6. The maximum Gasteiger partial charge on any atom is 0.261 e. The molecule has 8 nitrogen and oxygen atoms in total. The third kappa shape index (κ3) is 7.43. The summed E-state index contributed by atoms with van der Waals surface area (Å²) in [4.78, 5) is 11.9. The van der Waals surface area contributed by atoms with Crippen molar-refractivity contribution in [3.8, 4) is 11.5 Å². The van der Waals surface area contributed by atoms with Crippen LogP contribution in [0.2, 0.25) is 0 Å². The van der Waals surface area contributed by atoms with Crippen molar-refractivity contribution in [3.05, 3.63) is 83.7 Å². The Hall–Kier alpha value is -3.63. The van der Waals surface area contributed by atoms with E-state index in [0.29, 0.717) is 36.4 Å². The largest absolute Gasteiger partial charge is 0.493 e. The van der Waals surface area contributed by atoms with E-state index in [1.54, 1.807) is 36.4 Å². The van der Waals surface area contributed by atoms with Gasteiger partial charge in [0, 0.05) is 6.07 Å². The number of carbonyl (C=O) groups excluding carboxylic acids is 1. The second-order valence-corrected chi connectivity index (χ2v) is 9.73. The van der Waals surface area contributed by atoms with E-state index in [9.17, 15) is 17.6 Å². The summed E-state index contributed by atoms with van der Waals surface area (Å²) in [7, 11) is -0.884. The number of aryl methyl sites for hydroxylation is 1. The standard InChI is InChI=1S/C26H29FN2O6S/c1-33-23-14-13-21(16-25(23)34-2)29-36(31,32)22-7-3-5-18(15-22)6-4-8-24(26(28)30)35-17-19-9-11-20(27)12-10-19/h3,5,7,9-16,24,29H,4,6,8,17H2,1-2H3,(H2,28,30). The lowest BCUT2D eigenvalue weighted by Gasteiger charge is -2.15. The smallest absolute Gasteiger partial charge is 0.261 e. The Morgan fingerprint density at radius 1 is 0.972 bits per heavy atom. The maximum absolute atomic E-state index is 13.0. The van der Waals surface area contributed by atoms with Gasteiger partial charge in [0.05, 0.1) is 31.4 Å². The van der Waals surface area contributed by atoms with Crippen molar-refractivity contribution in [1.29, 1.82) is 0 Å². The number of sulfonamides is 1. The molecule has 3 aromatic carbocycles. The maximum atomic E-state index is 13.0. The molecule has 10 heteroatoms. The van der Waals surface area contributed by atoms with Crippen LogP contribution < -0.4 is 19.9 Å². The average molecular weight is 517 g/mol. The fourth-order valence-electron chi connectivity index (χ4n) is 3.56. The summed E-state index contributed by atoms with van der Waals surface area (Å²) < 4.78 is 57.5. The number of rotatable bonds is 13. The molecule has 1 unspecified atom stereocenters. The molecule has 192 valence electrons. The molecule has 3 N–H and O–H groups in total. The van der Waals surface area contributed by atoms with Gasteiger partial charge in [0.25, 0.3) is 10.0 Å². The van der Waals surface area contributed by atoms with E-state index in [2.05, 4.69) is 4.72 Å². The van der Waals surface area contributed by atoms with Crippen LogP contribution in [0.1, 0.15) is 24.0 Å². The van der Waals surface area contributed by atoms with E-state index in [1.807, 2.05) is 6.07 Å². The summed E-state index contributed by atoms with van der Waals surface area (Å²) in [6.07, 6.45) is 0.610. The molecule has 0 radical (unpaired) electrons. The first-order valence-electron chi connectivity index (χ1n) is 11.2. The van der Waals surface area contributed by atoms with Gasteiger partial charge >= 0.3 is 0 Å². The number of anilines is 1. The zero-order valence-electron chi connectivity index (χ0n) is 20.1. The number of primary amides is 1. The molecule has 0 fully saturated rings. The fourth-order valence-corrected chi connectivity index (χ4v) is 4.68. The van der Waals surface area contributed by atoms with Crippen LogP contribution in [-0.2, 0) is 32.6 Å². The van der Waals surface area contributed by atoms with Gasteiger partial charge in [-0.25, -0.2) is 12.8 Å². The number of amides is 1. The summed E-state index contributed by atoms with van der Waals surface area (Å²) in [5.74, 6) is -0.0589. The lowest BCUT2D eigenvalue weighted by Crippen LogP contribution is -2.31. The Bertz CT molecular complexity index is 1280. The second-order valence-electron chi connectivity index (χ2n) is 8.04. The molecule has 1 amide bonds. The van der Waals surface area contributed by atoms with Gasteiger partial charge in [-0.3, -0.25) is 9.52 Å². The molecule has 36 heavy (non-hydrogen) atoms. The molecule has 0 saturated carbocycles. The van der Waals surface area contributed by atoms with E-state index in [4.69, 9.17) is 19.9 Å². The monoisotopic (exact) mass is 516 g/mol. The van der Waals surface area contributed by atoms with Crippen molar-refractivity contribution >= 4 is 21.6 Å². The number of methoxy groups -OCH3 is 2. The Labute approximate surface area is 210 Å². The van der Waals surface area contributed by atoms with Crippen LogP contribution in [0.4, 0.5) is 10.1 Å². The van der Waals surface area contributed by atoms with Crippen molar-refractivity contribution in [2.24, 2.45) is 5.73 Å². The van der Waals surface area contributed by atoms with Crippen molar-refractivity contribution in [2.75, 3.05) is 18.9 Å². The molecule has 0 aliphatic carbocycles. The van der Waals surface area contributed by atoms with Crippen molar-refractivity contribution in [1.82, 2.24) is 0 Å². The number of nitrogens with one attached hydrogen (secondary N) is 1. The summed E-state index contributed by atoms with van der Waals surface area (Å²) >= 11 is 0. The fraction of sp³-hybridized carbons (Fsp3) is 0.269. The Morgan fingerprint density at radius 2 is 1.69 bits per heavy atom. The molecule has 0 saturated heterocycles. The minimum Gasteiger partial charge on any atom is -0.493 e. The number of halogens is 1. The molecule has 1 atom stereocenters. The zero-order chi connectivity index (χ0) is 26.1. The van der Waals surface area contributed by atoms with Crippen LogP contribution in [0.3, 0.4) is 0 Å². The third-order valence-corrected chi connectivity index (χ3v) is 6.84. The minimum atomic E-state index is -3.85. The Morgan fingerprint density at radius 3 is 2.36 bits per heavy atom. The van der Waals surface area contributed by atoms with E-state index < -0.39 is 22.0 Å². The lowest BCUT2D eigenvalue weighted by molar-refractivity contribution is -0.130. The van der Waals surface area contributed by atoms with E-state index >= 15 is 0 Å². The summed E-state index contributed by atoms with van der Waals surface area (Å²) in [5, 5.41) is 0. The lowest BCUT2D eigenvalue weighted by atomic mass is 10.1. The van der Waals surface area contributed by atoms with Crippen molar-refractivity contribution in [2.45, 2.75) is 36.9 Å². The molecule has 0 aromatic heterocycles. The highest BCUT2D eigenvalue weighted by atomic mass is 32.2. The Kier molecular flexibility index (Phi) is 9.26. The van der Waals surface area contributed by atoms with Crippen LogP contribution in [-0.4, -0.2) is 34.6 Å². The van der Waals surface area contributed by atoms with E-state index in [-0.39, 0.29) is 17.3 Å². The molecule has 3 rings (SSSR count). The van der Waals surface area contributed by atoms with Crippen LogP contribution in [0.15, 0.2) is 71.6 Å². The number of hydrogen-bond donors (Lipinski definition) is 2. The predicted molar refractivity (Wildman–Crippen MR) is 134 cm³/mol. The molecular formula is C26H29FN2O6S. The highest BCUT2D eigenvalue weighted by molar-refractivity contribution is 7.92. The number of benzene rings is 3. The topological polar surface area (TPSA) is 117 Å². The molecule has 0 spiro atoms. The second kappa shape index (κ2) is 12.4. The first-order chi connectivity index (χ1) is 17.2. The van der Waals surface area contributed by atoms with E-state index in [1.165, 1.54) is 38.5 Å². The van der Waals surface area contributed by atoms with Gasteiger partial charge in [0.1, 0.15) is 11.9 Å². The highest BCUT2D eigenvalue weighted by Crippen LogP contribution is 2.30. The molecule has 3 aromatic rings. The van der Waals surface area contributed by atoms with Gasteiger partial charge < -0.3 is 19.9 Å². The summed E-state index contributed by atoms with van der Waals surface area (Å²) in [5.41, 5.74) is 7.31. The summed E-state index contributed by atoms with van der Waals surface area (Å²) in [6.45, 7) is 0.128. The number of carbonyl (C=O) groups is 1. The average Bonchev–Trinajstić information content (AvgIpc) is 2.86. The summed E-state index contributed by atoms with van der Waals surface area (Å²) in [6, 6.07) is 17.1. The van der Waals surface area contributed by atoms with Crippen LogP contribution in [0.25, 0.3) is 0 Å². The molecule has 0 aliphatic heterocycles. The molecule has 0 aliphatic rings. The Balaban J connectivity index is 1.60. The highest BCUT2D eigenvalue weighted by Gasteiger charge is 2.18.